The Bertz CT molecular complexity index is 1140. The molecule has 11 heteroatoms. The van der Waals surface area contributed by atoms with Crippen LogP contribution in [0.5, 0.6) is 0 Å². The average molecular weight is 420 g/mol. The molecule has 3 heterocycles. The van der Waals surface area contributed by atoms with Crippen molar-refractivity contribution in [2.75, 3.05) is 5.75 Å². The number of rotatable bonds is 6. The predicted octanol–water partition coefficient (Wildman–Crippen LogP) is 4.16. The molecule has 0 spiro atoms. The summed E-state index contributed by atoms with van der Waals surface area (Å²) < 4.78 is 45.4. The highest BCUT2D eigenvalue weighted by Gasteiger charge is 2.30. The Balaban J connectivity index is 1.36. The van der Waals surface area contributed by atoms with Gasteiger partial charge >= 0.3 is 6.18 Å². The molecule has 0 aliphatic carbocycles. The number of aromatic nitrogens is 6. The lowest BCUT2D eigenvalue weighted by molar-refractivity contribution is -0.137. The van der Waals surface area contributed by atoms with Gasteiger partial charge in [-0.2, -0.15) is 23.3 Å². The van der Waals surface area contributed by atoms with Gasteiger partial charge in [-0.1, -0.05) is 17.3 Å². The van der Waals surface area contributed by atoms with Gasteiger partial charge in [-0.05, 0) is 18.6 Å². The van der Waals surface area contributed by atoms with Crippen molar-refractivity contribution in [2.24, 2.45) is 7.05 Å². The number of alkyl halides is 3. The van der Waals surface area contributed by atoms with Gasteiger partial charge in [0.05, 0.1) is 17.1 Å². The summed E-state index contributed by atoms with van der Waals surface area (Å²) in [6, 6.07) is 4.87. The first-order valence-electron chi connectivity index (χ1n) is 8.67. The Morgan fingerprint density at radius 1 is 1.21 bits per heavy atom. The molecule has 4 rings (SSSR count). The van der Waals surface area contributed by atoms with Gasteiger partial charge in [0, 0.05) is 24.8 Å². The van der Waals surface area contributed by atoms with Crippen molar-refractivity contribution in [3.8, 4) is 11.4 Å². The van der Waals surface area contributed by atoms with Crippen molar-refractivity contribution in [3.05, 3.63) is 48.2 Å². The van der Waals surface area contributed by atoms with E-state index in [1.807, 2.05) is 7.05 Å². The Labute approximate surface area is 167 Å². The SMILES string of the molecule is Cn1ncc2c(SCCCc3nc(-c4cccc(C(F)(F)F)c4)no3)ncnc21. The Morgan fingerprint density at radius 3 is 2.90 bits per heavy atom. The summed E-state index contributed by atoms with van der Waals surface area (Å²) in [6.45, 7) is 0. The average Bonchev–Trinajstić information content (AvgIpc) is 3.32. The number of aryl methyl sites for hydroxylation is 2. The Morgan fingerprint density at radius 2 is 2.07 bits per heavy atom. The molecular weight excluding hydrogens is 405 g/mol. The number of fused-ring (bicyclic) bond motifs is 1. The fourth-order valence-electron chi connectivity index (χ4n) is 2.76. The minimum atomic E-state index is -4.42. The van der Waals surface area contributed by atoms with E-state index in [2.05, 4.69) is 25.2 Å². The second-order valence-electron chi connectivity index (χ2n) is 6.23. The van der Waals surface area contributed by atoms with Crippen LogP contribution in [-0.4, -0.2) is 35.6 Å². The standard InChI is InChI=1S/C18H15F3N6OS/c1-27-16-13(9-24-27)17(23-10-22-16)29-7-3-6-14-25-15(26-28-14)11-4-2-5-12(8-11)18(19,20)21/h2,4-5,8-10H,3,6-7H2,1H3. The number of thioether (sulfide) groups is 1. The molecule has 0 unspecified atom stereocenters. The van der Waals surface area contributed by atoms with Crippen LogP contribution in [0.15, 0.2) is 46.3 Å². The van der Waals surface area contributed by atoms with Gasteiger partial charge < -0.3 is 4.52 Å². The monoisotopic (exact) mass is 420 g/mol. The van der Waals surface area contributed by atoms with Gasteiger partial charge in [0.15, 0.2) is 5.65 Å². The Kier molecular flexibility index (Phi) is 5.22. The number of hydrogen-bond donors (Lipinski definition) is 0. The van der Waals surface area contributed by atoms with E-state index in [0.717, 1.165) is 40.4 Å². The molecule has 29 heavy (non-hydrogen) atoms. The highest BCUT2D eigenvalue weighted by atomic mass is 32.2. The molecule has 3 aromatic heterocycles. The molecule has 0 amide bonds. The van der Waals surface area contributed by atoms with Crippen molar-refractivity contribution >= 4 is 22.8 Å². The molecule has 0 aliphatic rings. The highest BCUT2D eigenvalue weighted by Crippen LogP contribution is 2.31. The summed E-state index contributed by atoms with van der Waals surface area (Å²) in [5.74, 6) is 1.28. The van der Waals surface area contributed by atoms with Gasteiger partial charge in [-0.3, -0.25) is 4.68 Å². The molecule has 0 saturated heterocycles. The summed E-state index contributed by atoms with van der Waals surface area (Å²) in [5.41, 5.74) is 0.290. The van der Waals surface area contributed by atoms with Crippen LogP contribution in [-0.2, 0) is 19.6 Å². The number of nitrogens with zero attached hydrogens (tertiary/aromatic N) is 6. The lowest BCUT2D eigenvalue weighted by atomic mass is 10.1. The van der Waals surface area contributed by atoms with Gasteiger partial charge in [0.2, 0.25) is 11.7 Å². The van der Waals surface area contributed by atoms with E-state index in [1.165, 1.54) is 18.5 Å². The molecule has 0 fully saturated rings. The molecule has 7 nitrogen and oxygen atoms in total. The molecule has 0 radical (unpaired) electrons. The maximum Gasteiger partial charge on any atom is 0.416 e. The molecule has 0 atom stereocenters. The largest absolute Gasteiger partial charge is 0.416 e. The first-order chi connectivity index (χ1) is 13.9. The molecular formula is C18H15F3N6OS. The van der Waals surface area contributed by atoms with E-state index >= 15 is 0 Å². The summed E-state index contributed by atoms with van der Waals surface area (Å²) in [5, 5.41) is 9.72. The zero-order valence-corrected chi connectivity index (χ0v) is 16.0. The van der Waals surface area contributed by atoms with E-state index in [9.17, 15) is 13.2 Å². The molecule has 0 bridgehead atoms. The maximum absolute atomic E-state index is 12.9. The van der Waals surface area contributed by atoms with E-state index < -0.39 is 11.7 Å². The van der Waals surface area contributed by atoms with Crippen molar-refractivity contribution in [3.63, 3.8) is 0 Å². The van der Waals surface area contributed by atoms with Crippen LogP contribution in [0.4, 0.5) is 13.2 Å². The topological polar surface area (TPSA) is 82.5 Å². The highest BCUT2D eigenvalue weighted by molar-refractivity contribution is 7.99. The van der Waals surface area contributed by atoms with Gasteiger partial charge in [0.1, 0.15) is 11.4 Å². The van der Waals surface area contributed by atoms with Crippen LogP contribution in [0, 0.1) is 0 Å². The summed E-state index contributed by atoms with van der Waals surface area (Å²) >= 11 is 1.57. The van der Waals surface area contributed by atoms with Crippen molar-refractivity contribution in [1.82, 2.24) is 29.9 Å². The number of halogens is 3. The minimum Gasteiger partial charge on any atom is -0.339 e. The quantitative estimate of drug-likeness (QED) is 0.263. The van der Waals surface area contributed by atoms with E-state index in [-0.39, 0.29) is 11.4 Å². The summed E-state index contributed by atoms with van der Waals surface area (Å²) in [7, 11) is 1.82. The van der Waals surface area contributed by atoms with Crippen LogP contribution in [0.3, 0.4) is 0 Å². The van der Waals surface area contributed by atoms with Gasteiger partial charge in [0.25, 0.3) is 0 Å². The van der Waals surface area contributed by atoms with E-state index in [1.54, 1.807) is 22.6 Å². The van der Waals surface area contributed by atoms with E-state index in [0.29, 0.717) is 12.3 Å². The normalized spacial score (nSPS) is 12.0. The van der Waals surface area contributed by atoms with E-state index in [4.69, 9.17) is 4.52 Å². The predicted molar refractivity (Wildman–Crippen MR) is 100 cm³/mol. The lowest BCUT2D eigenvalue weighted by Crippen LogP contribution is -2.04. The van der Waals surface area contributed by atoms with Crippen LogP contribution in [0.1, 0.15) is 17.9 Å². The third kappa shape index (κ3) is 4.24. The van der Waals surface area contributed by atoms with Crippen LogP contribution < -0.4 is 0 Å². The molecule has 0 saturated carbocycles. The smallest absolute Gasteiger partial charge is 0.339 e. The summed E-state index contributed by atoms with van der Waals surface area (Å²) in [4.78, 5) is 12.7. The first-order valence-corrected chi connectivity index (χ1v) is 9.66. The van der Waals surface area contributed by atoms with Crippen molar-refractivity contribution in [2.45, 2.75) is 24.0 Å². The second-order valence-corrected chi connectivity index (χ2v) is 7.31. The fourth-order valence-corrected chi connectivity index (χ4v) is 3.66. The summed E-state index contributed by atoms with van der Waals surface area (Å²) in [6.07, 6.45) is 0.0735. The van der Waals surface area contributed by atoms with Crippen molar-refractivity contribution < 1.29 is 17.7 Å². The molecule has 150 valence electrons. The van der Waals surface area contributed by atoms with Gasteiger partial charge in [-0.25, -0.2) is 9.97 Å². The molecule has 0 N–H and O–H groups in total. The van der Waals surface area contributed by atoms with Crippen LogP contribution >= 0.6 is 11.8 Å². The first kappa shape index (κ1) is 19.4. The lowest BCUT2D eigenvalue weighted by Gasteiger charge is -2.06. The fraction of sp³-hybridized carbons (Fsp3) is 0.278. The van der Waals surface area contributed by atoms with Gasteiger partial charge in [-0.15, -0.1) is 11.8 Å². The molecule has 1 aromatic carbocycles. The number of hydrogen-bond acceptors (Lipinski definition) is 7. The maximum atomic E-state index is 12.9. The minimum absolute atomic E-state index is 0.145. The second kappa shape index (κ2) is 7.82. The third-order valence-electron chi connectivity index (χ3n) is 4.18. The van der Waals surface area contributed by atoms with Crippen LogP contribution in [0.2, 0.25) is 0 Å². The third-order valence-corrected chi connectivity index (χ3v) is 5.27. The van der Waals surface area contributed by atoms with Crippen molar-refractivity contribution in [1.29, 1.82) is 0 Å². The Hall–Kier alpha value is -2.95. The molecule has 0 aliphatic heterocycles. The number of benzene rings is 1. The molecule has 4 aromatic rings. The zero-order valence-electron chi connectivity index (χ0n) is 15.2. The van der Waals surface area contributed by atoms with Crippen LogP contribution in [0.25, 0.3) is 22.4 Å². The zero-order chi connectivity index (χ0) is 20.4.